The zero-order chi connectivity index (χ0) is 15.5. The van der Waals surface area contributed by atoms with Gasteiger partial charge in [-0.1, -0.05) is 19.9 Å². The van der Waals surface area contributed by atoms with Crippen molar-refractivity contribution in [3.05, 3.63) is 53.8 Å². The lowest BCUT2D eigenvalue weighted by molar-refractivity contribution is 0.750. The molecule has 0 bridgehead atoms. The standard InChI is InChI=1S/C18H22N4/c1-13(2)18-20-9-5-17(21-18)22-10-6-15(7-11-22)16-12-19-8-4-14(16)3/h4-6,8-9,12-13H,7,10-11H2,1-3H3. The number of nitrogens with zero attached hydrogens (tertiary/aromatic N) is 4. The monoisotopic (exact) mass is 294 g/mol. The average molecular weight is 294 g/mol. The quantitative estimate of drug-likeness (QED) is 0.867. The Labute approximate surface area is 131 Å². The first-order chi connectivity index (χ1) is 10.6. The van der Waals surface area contributed by atoms with E-state index in [2.05, 4.69) is 52.8 Å². The molecule has 0 spiro atoms. The predicted molar refractivity (Wildman–Crippen MR) is 89.9 cm³/mol. The highest BCUT2D eigenvalue weighted by Gasteiger charge is 2.16. The summed E-state index contributed by atoms with van der Waals surface area (Å²) in [5.74, 6) is 2.29. The topological polar surface area (TPSA) is 41.9 Å². The molecular formula is C18H22N4. The van der Waals surface area contributed by atoms with Crippen LogP contribution in [0.2, 0.25) is 0 Å². The second-order valence-electron chi connectivity index (χ2n) is 6.04. The highest BCUT2D eigenvalue weighted by molar-refractivity contribution is 5.69. The smallest absolute Gasteiger partial charge is 0.133 e. The van der Waals surface area contributed by atoms with Crippen molar-refractivity contribution in [3.8, 4) is 0 Å². The Morgan fingerprint density at radius 1 is 1.18 bits per heavy atom. The van der Waals surface area contributed by atoms with Gasteiger partial charge in [0.25, 0.3) is 0 Å². The van der Waals surface area contributed by atoms with Crippen molar-refractivity contribution >= 4 is 11.4 Å². The summed E-state index contributed by atoms with van der Waals surface area (Å²) in [6.45, 7) is 8.26. The third-order valence-electron chi connectivity index (χ3n) is 4.09. The van der Waals surface area contributed by atoms with Crippen molar-refractivity contribution in [1.29, 1.82) is 0 Å². The van der Waals surface area contributed by atoms with Gasteiger partial charge in [0.15, 0.2) is 0 Å². The summed E-state index contributed by atoms with van der Waals surface area (Å²) in [6, 6.07) is 4.07. The molecule has 0 atom stereocenters. The van der Waals surface area contributed by atoms with Crippen LogP contribution in [-0.4, -0.2) is 28.0 Å². The van der Waals surface area contributed by atoms with Crippen molar-refractivity contribution in [2.75, 3.05) is 18.0 Å². The molecule has 22 heavy (non-hydrogen) atoms. The van der Waals surface area contributed by atoms with Gasteiger partial charge in [0.2, 0.25) is 0 Å². The van der Waals surface area contributed by atoms with E-state index in [1.165, 1.54) is 16.7 Å². The minimum Gasteiger partial charge on any atom is -0.352 e. The molecule has 0 saturated carbocycles. The molecule has 0 N–H and O–H groups in total. The van der Waals surface area contributed by atoms with Crippen LogP contribution in [0, 0.1) is 6.92 Å². The van der Waals surface area contributed by atoms with Crippen LogP contribution in [0.15, 0.2) is 36.8 Å². The zero-order valence-corrected chi connectivity index (χ0v) is 13.5. The Hall–Kier alpha value is -2.23. The van der Waals surface area contributed by atoms with Gasteiger partial charge in [-0.05, 0) is 42.2 Å². The first kappa shape index (κ1) is 14.7. The van der Waals surface area contributed by atoms with Crippen LogP contribution in [-0.2, 0) is 0 Å². The van der Waals surface area contributed by atoms with Gasteiger partial charge >= 0.3 is 0 Å². The number of hydrogen-bond donors (Lipinski definition) is 0. The largest absolute Gasteiger partial charge is 0.352 e. The van der Waals surface area contributed by atoms with E-state index in [4.69, 9.17) is 0 Å². The third-order valence-corrected chi connectivity index (χ3v) is 4.09. The summed E-state index contributed by atoms with van der Waals surface area (Å²) in [5, 5.41) is 0. The van der Waals surface area contributed by atoms with Gasteiger partial charge in [0.1, 0.15) is 11.6 Å². The number of rotatable bonds is 3. The van der Waals surface area contributed by atoms with Crippen molar-refractivity contribution in [3.63, 3.8) is 0 Å². The Morgan fingerprint density at radius 2 is 2.05 bits per heavy atom. The summed E-state index contributed by atoms with van der Waals surface area (Å²) >= 11 is 0. The normalized spacial score (nSPS) is 15.1. The van der Waals surface area contributed by atoms with Gasteiger partial charge in [-0.15, -0.1) is 0 Å². The predicted octanol–water partition coefficient (Wildman–Crippen LogP) is 3.60. The van der Waals surface area contributed by atoms with Crippen LogP contribution in [0.5, 0.6) is 0 Å². The van der Waals surface area contributed by atoms with Crippen LogP contribution >= 0.6 is 0 Å². The lowest BCUT2D eigenvalue weighted by atomic mass is 9.97. The van der Waals surface area contributed by atoms with Crippen LogP contribution < -0.4 is 4.90 Å². The number of anilines is 1. The lowest BCUT2D eigenvalue weighted by Crippen LogP contribution is -2.29. The summed E-state index contributed by atoms with van der Waals surface area (Å²) in [6.07, 6.45) is 9.00. The molecule has 3 rings (SSSR count). The van der Waals surface area contributed by atoms with E-state index < -0.39 is 0 Å². The van der Waals surface area contributed by atoms with Crippen molar-refractivity contribution < 1.29 is 0 Å². The molecule has 4 nitrogen and oxygen atoms in total. The molecule has 0 amide bonds. The Bertz CT molecular complexity index is 691. The molecule has 114 valence electrons. The Kier molecular flexibility index (Phi) is 4.18. The molecule has 2 aromatic heterocycles. The first-order valence-corrected chi connectivity index (χ1v) is 7.83. The third kappa shape index (κ3) is 3.01. The van der Waals surface area contributed by atoms with E-state index >= 15 is 0 Å². The fourth-order valence-electron chi connectivity index (χ4n) is 2.74. The fourth-order valence-corrected chi connectivity index (χ4v) is 2.74. The molecular weight excluding hydrogens is 272 g/mol. The molecule has 0 aromatic carbocycles. The highest BCUT2D eigenvalue weighted by atomic mass is 15.2. The van der Waals surface area contributed by atoms with Gasteiger partial charge in [-0.3, -0.25) is 4.98 Å². The molecule has 0 fully saturated rings. The van der Waals surface area contributed by atoms with E-state index in [-0.39, 0.29) is 0 Å². The van der Waals surface area contributed by atoms with Crippen LogP contribution in [0.3, 0.4) is 0 Å². The van der Waals surface area contributed by atoms with E-state index in [9.17, 15) is 0 Å². The van der Waals surface area contributed by atoms with E-state index in [0.717, 1.165) is 31.2 Å². The molecule has 1 aliphatic rings. The van der Waals surface area contributed by atoms with Crippen molar-refractivity contribution in [2.45, 2.75) is 33.1 Å². The van der Waals surface area contributed by atoms with Crippen LogP contribution in [0.4, 0.5) is 5.82 Å². The zero-order valence-electron chi connectivity index (χ0n) is 13.5. The minimum atomic E-state index is 0.355. The van der Waals surface area contributed by atoms with Gasteiger partial charge in [-0.25, -0.2) is 9.97 Å². The maximum absolute atomic E-state index is 4.68. The Morgan fingerprint density at radius 3 is 2.73 bits per heavy atom. The fraction of sp³-hybridized carbons (Fsp3) is 0.389. The molecule has 3 heterocycles. The average Bonchev–Trinajstić information content (AvgIpc) is 2.56. The van der Waals surface area contributed by atoms with Gasteiger partial charge in [0, 0.05) is 37.6 Å². The second kappa shape index (κ2) is 6.26. The Balaban J connectivity index is 1.79. The maximum Gasteiger partial charge on any atom is 0.133 e. The lowest BCUT2D eigenvalue weighted by Gasteiger charge is -2.28. The summed E-state index contributed by atoms with van der Waals surface area (Å²) in [5.41, 5.74) is 3.95. The molecule has 2 aromatic rings. The van der Waals surface area contributed by atoms with E-state index in [1.54, 1.807) is 0 Å². The minimum absolute atomic E-state index is 0.355. The molecule has 0 radical (unpaired) electrons. The number of aromatic nitrogens is 3. The van der Waals surface area contributed by atoms with Gasteiger partial charge in [0.05, 0.1) is 0 Å². The van der Waals surface area contributed by atoms with Crippen LogP contribution in [0.25, 0.3) is 5.57 Å². The number of pyridine rings is 1. The molecule has 0 saturated heterocycles. The van der Waals surface area contributed by atoms with Crippen LogP contribution in [0.1, 0.15) is 43.1 Å². The first-order valence-electron chi connectivity index (χ1n) is 7.83. The maximum atomic E-state index is 4.68. The second-order valence-corrected chi connectivity index (χ2v) is 6.04. The SMILES string of the molecule is Cc1ccncc1C1=CCN(c2ccnc(C(C)C)n2)CC1. The van der Waals surface area contributed by atoms with Crippen molar-refractivity contribution in [1.82, 2.24) is 15.0 Å². The molecule has 1 aliphatic heterocycles. The molecule has 0 unspecified atom stereocenters. The van der Waals surface area contributed by atoms with Gasteiger partial charge < -0.3 is 4.90 Å². The summed E-state index contributed by atoms with van der Waals surface area (Å²) < 4.78 is 0. The number of hydrogen-bond acceptors (Lipinski definition) is 4. The molecule has 0 aliphatic carbocycles. The summed E-state index contributed by atoms with van der Waals surface area (Å²) in [4.78, 5) is 15.6. The van der Waals surface area contributed by atoms with E-state index in [0.29, 0.717) is 5.92 Å². The molecule has 4 heteroatoms. The van der Waals surface area contributed by atoms with Crippen molar-refractivity contribution in [2.24, 2.45) is 0 Å². The highest BCUT2D eigenvalue weighted by Crippen LogP contribution is 2.26. The van der Waals surface area contributed by atoms with Gasteiger partial charge in [-0.2, -0.15) is 0 Å². The van der Waals surface area contributed by atoms with E-state index in [1.807, 2.05) is 24.7 Å². The summed E-state index contributed by atoms with van der Waals surface area (Å²) in [7, 11) is 0. The number of aryl methyl sites for hydroxylation is 1.